The molecular formula is C16H22N4. The number of unbranched alkanes of at least 4 members (excludes halogenated alkanes) is 3. The molecule has 20 heavy (non-hydrogen) atoms. The number of pyridine rings is 2. The Hall–Kier alpha value is -1.94. The summed E-state index contributed by atoms with van der Waals surface area (Å²) < 4.78 is 0. The summed E-state index contributed by atoms with van der Waals surface area (Å²) >= 11 is 0. The van der Waals surface area contributed by atoms with Gasteiger partial charge in [0.25, 0.3) is 0 Å². The van der Waals surface area contributed by atoms with Crippen LogP contribution in [-0.2, 0) is 6.42 Å². The maximum atomic E-state index is 6.23. The molecule has 0 aliphatic heterocycles. The van der Waals surface area contributed by atoms with Crippen LogP contribution in [0.5, 0.6) is 0 Å². The van der Waals surface area contributed by atoms with Crippen molar-refractivity contribution < 1.29 is 0 Å². The number of hydrogen-bond donors (Lipinski definition) is 2. The Morgan fingerprint density at radius 2 is 1.75 bits per heavy atom. The van der Waals surface area contributed by atoms with Gasteiger partial charge < -0.3 is 11.5 Å². The van der Waals surface area contributed by atoms with Crippen molar-refractivity contribution in [3.63, 3.8) is 0 Å². The monoisotopic (exact) mass is 270 g/mol. The molecule has 2 aromatic rings. The van der Waals surface area contributed by atoms with E-state index in [2.05, 4.69) is 9.97 Å². The Bertz CT molecular complexity index is 525. The summed E-state index contributed by atoms with van der Waals surface area (Å²) in [5.41, 5.74) is 15.3. The third-order valence-corrected chi connectivity index (χ3v) is 3.39. The van der Waals surface area contributed by atoms with E-state index in [1.807, 2.05) is 30.5 Å². The highest BCUT2D eigenvalue weighted by molar-refractivity contribution is 5.72. The minimum Gasteiger partial charge on any atom is -0.397 e. The van der Waals surface area contributed by atoms with Crippen molar-refractivity contribution in [1.82, 2.24) is 9.97 Å². The van der Waals surface area contributed by atoms with Crippen molar-refractivity contribution in [3.05, 3.63) is 42.2 Å². The van der Waals surface area contributed by atoms with Crippen LogP contribution in [0.1, 0.15) is 31.2 Å². The highest BCUT2D eigenvalue weighted by atomic mass is 14.8. The topological polar surface area (TPSA) is 77.8 Å². The average molecular weight is 270 g/mol. The summed E-state index contributed by atoms with van der Waals surface area (Å²) in [5.74, 6) is 0. The van der Waals surface area contributed by atoms with Crippen molar-refractivity contribution in [2.24, 2.45) is 5.73 Å². The number of anilines is 1. The number of aromatic nitrogens is 2. The molecule has 0 saturated heterocycles. The molecule has 0 saturated carbocycles. The Morgan fingerprint density at radius 1 is 0.900 bits per heavy atom. The summed E-state index contributed by atoms with van der Waals surface area (Å²) in [4.78, 5) is 8.68. The van der Waals surface area contributed by atoms with Gasteiger partial charge in [-0.15, -0.1) is 0 Å². The zero-order valence-corrected chi connectivity index (χ0v) is 11.8. The van der Waals surface area contributed by atoms with Gasteiger partial charge in [-0.05, 0) is 49.6 Å². The number of nitrogen functional groups attached to an aromatic ring is 1. The summed E-state index contributed by atoms with van der Waals surface area (Å²) in [7, 11) is 0. The fourth-order valence-corrected chi connectivity index (χ4v) is 2.25. The largest absolute Gasteiger partial charge is 0.397 e. The Kier molecular flexibility index (Phi) is 5.50. The molecule has 2 rings (SSSR count). The lowest BCUT2D eigenvalue weighted by Gasteiger charge is -2.09. The molecule has 4 nitrogen and oxygen atoms in total. The van der Waals surface area contributed by atoms with E-state index in [1.165, 1.54) is 12.8 Å². The Morgan fingerprint density at radius 3 is 2.50 bits per heavy atom. The molecule has 4 N–H and O–H groups in total. The van der Waals surface area contributed by atoms with Crippen LogP contribution in [-0.4, -0.2) is 16.5 Å². The highest BCUT2D eigenvalue weighted by Gasteiger charge is 2.09. The first kappa shape index (κ1) is 14.5. The van der Waals surface area contributed by atoms with Crippen molar-refractivity contribution >= 4 is 5.69 Å². The first-order valence-electron chi connectivity index (χ1n) is 7.17. The molecular weight excluding hydrogens is 248 g/mol. The van der Waals surface area contributed by atoms with Crippen molar-refractivity contribution in [1.29, 1.82) is 0 Å². The molecule has 0 radical (unpaired) electrons. The van der Waals surface area contributed by atoms with Crippen molar-refractivity contribution in [2.45, 2.75) is 32.1 Å². The van der Waals surface area contributed by atoms with Crippen LogP contribution in [0.4, 0.5) is 5.69 Å². The van der Waals surface area contributed by atoms with Gasteiger partial charge in [-0.2, -0.15) is 0 Å². The van der Waals surface area contributed by atoms with E-state index in [-0.39, 0.29) is 0 Å². The van der Waals surface area contributed by atoms with Crippen LogP contribution >= 0.6 is 0 Å². The lowest BCUT2D eigenvalue weighted by molar-refractivity contribution is 0.647. The van der Waals surface area contributed by atoms with Gasteiger partial charge in [0.1, 0.15) is 5.69 Å². The lowest BCUT2D eigenvalue weighted by atomic mass is 10.0. The smallest absolute Gasteiger partial charge is 0.112 e. The van der Waals surface area contributed by atoms with Crippen LogP contribution in [0.2, 0.25) is 0 Å². The van der Waals surface area contributed by atoms with Crippen LogP contribution in [0.15, 0.2) is 36.7 Å². The van der Waals surface area contributed by atoms with Gasteiger partial charge in [0.2, 0.25) is 0 Å². The molecule has 0 bridgehead atoms. The van der Waals surface area contributed by atoms with Gasteiger partial charge in [-0.3, -0.25) is 9.97 Å². The van der Waals surface area contributed by atoms with E-state index in [4.69, 9.17) is 11.5 Å². The molecule has 0 aliphatic carbocycles. The molecule has 0 aromatic carbocycles. The highest BCUT2D eigenvalue weighted by Crippen LogP contribution is 2.25. The zero-order valence-electron chi connectivity index (χ0n) is 11.8. The fraction of sp³-hybridized carbons (Fsp3) is 0.375. The maximum absolute atomic E-state index is 6.23. The molecule has 0 spiro atoms. The van der Waals surface area contributed by atoms with Crippen LogP contribution in [0.25, 0.3) is 11.4 Å². The second-order valence-electron chi connectivity index (χ2n) is 4.90. The third-order valence-electron chi connectivity index (χ3n) is 3.39. The minimum absolute atomic E-state index is 0.755. The third kappa shape index (κ3) is 3.78. The maximum Gasteiger partial charge on any atom is 0.112 e. The van der Waals surface area contributed by atoms with Crippen molar-refractivity contribution in [3.8, 4) is 11.4 Å². The fourth-order valence-electron chi connectivity index (χ4n) is 2.25. The average Bonchev–Trinajstić information content (AvgIpc) is 2.49. The minimum atomic E-state index is 0.755. The molecule has 4 heteroatoms. The van der Waals surface area contributed by atoms with E-state index in [0.29, 0.717) is 0 Å². The summed E-state index contributed by atoms with van der Waals surface area (Å²) in [6.45, 7) is 0.779. The van der Waals surface area contributed by atoms with Crippen LogP contribution in [0, 0.1) is 0 Å². The first-order chi connectivity index (χ1) is 9.83. The number of nitrogens with zero attached hydrogens (tertiary/aromatic N) is 2. The Labute approximate surface area is 120 Å². The zero-order chi connectivity index (χ0) is 14.2. The summed E-state index contributed by atoms with van der Waals surface area (Å²) in [6.07, 6.45) is 9.18. The normalized spacial score (nSPS) is 10.7. The number of rotatable bonds is 7. The van der Waals surface area contributed by atoms with Crippen LogP contribution in [0.3, 0.4) is 0 Å². The number of aryl methyl sites for hydroxylation is 1. The Balaban J connectivity index is 2.04. The standard InChI is InChI=1S/C16H22N4/c17-10-5-2-1-3-7-13-9-12-20-16(15(13)18)14-8-4-6-11-19-14/h4,6,8-9,11-12H,1-3,5,7,10,17-18H2. The second-order valence-corrected chi connectivity index (χ2v) is 4.90. The van der Waals surface area contributed by atoms with Gasteiger partial charge >= 0.3 is 0 Å². The number of nitrogens with two attached hydrogens (primary N) is 2. The molecule has 0 atom stereocenters. The predicted octanol–water partition coefficient (Wildman–Crippen LogP) is 2.79. The van der Waals surface area contributed by atoms with Gasteiger partial charge in [0.05, 0.1) is 11.4 Å². The van der Waals surface area contributed by atoms with Crippen LogP contribution < -0.4 is 11.5 Å². The van der Waals surface area contributed by atoms with E-state index in [0.717, 1.165) is 48.4 Å². The molecule has 0 unspecified atom stereocenters. The van der Waals surface area contributed by atoms with E-state index < -0.39 is 0 Å². The molecule has 0 fully saturated rings. The first-order valence-corrected chi connectivity index (χ1v) is 7.17. The number of hydrogen-bond acceptors (Lipinski definition) is 4. The van der Waals surface area contributed by atoms with Gasteiger partial charge in [-0.1, -0.05) is 18.9 Å². The molecule has 106 valence electrons. The molecule has 2 heterocycles. The van der Waals surface area contributed by atoms with E-state index >= 15 is 0 Å². The quantitative estimate of drug-likeness (QED) is 0.758. The van der Waals surface area contributed by atoms with Crippen molar-refractivity contribution in [2.75, 3.05) is 12.3 Å². The predicted molar refractivity (Wildman–Crippen MR) is 83.1 cm³/mol. The SMILES string of the molecule is NCCCCCCc1ccnc(-c2ccccn2)c1N. The molecule has 0 aliphatic rings. The summed E-state index contributed by atoms with van der Waals surface area (Å²) in [6, 6.07) is 7.78. The summed E-state index contributed by atoms with van der Waals surface area (Å²) in [5, 5.41) is 0. The molecule has 0 amide bonds. The molecule has 2 aromatic heterocycles. The van der Waals surface area contributed by atoms with Gasteiger partial charge in [0.15, 0.2) is 0 Å². The van der Waals surface area contributed by atoms with E-state index in [9.17, 15) is 0 Å². The second kappa shape index (κ2) is 7.60. The lowest BCUT2D eigenvalue weighted by Crippen LogP contribution is -2.01. The van der Waals surface area contributed by atoms with E-state index in [1.54, 1.807) is 6.20 Å². The van der Waals surface area contributed by atoms with Gasteiger partial charge in [-0.25, -0.2) is 0 Å². The van der Waals surface area contributed by atoms with Gasteiger partial charge in [0, 0.05) is 12.4 Å².